The summed E-state index contributed by atoms with van der Waals surface area (Å²) in [6, 6.07) is 48.4. The summed E-state index contributed by atoms with van der Waals surface area (Å²) in [7, 11) is 0. The summed E-state index contributed by atoms with van der Waals surface area (Å²) in [5.74, 6) is 0. The average Bonchev–Trinajstić information content (AvgIpc) is 3.72. The van der Waals surface area contributed by atoms with Crippen molar-refractivity contribution in [1.82, 2.24) is 4.98 Å². The Hall–Kier alpha value is -5.08. The van der Waals surface area contributed by atoms with E-state index in [0.717, 1.165) is 44.2 Å². The van der Waals surface area contributed by atoms with Crippen molar-refractivity contribution in [3.63, 3.8) is 0 Å². The van der Waals surface area contributed by atoms with Crippen molar-refractivity contribution < 1.29 is 0 Å². The number of fused-ring (bicyclic) bond motifs is 6. The molecule has 1 heterocycles. The molecule has 0 saturated heterocycles. The fraction of sp³-hybridized carbons (Fsp3) is 0.176. The van der Waals surface area contributed by atoms with Crippen molar-refractivity contribution in [3.05, 3.63) is 166 Å². The lowest BCUT2D eigenvalue weighted by atomic mass is 9.84. The molecule has 0 radical (unpaired) electrons. The van der Waals surface area contributed by atoms with Crippen molar-refractivity contribution in [1.29, 1.82) is 0 Å². The van der Waals surface area contributed by atoms with Gasteiger partial charge in [0, 0.05) is 43.0 Å². The molecule has 0 atom stereocenters. The maximum absolute atomic E-state index is 7.17. The van der Waals surface area contributed by atoms with Gasteiger partial charge < -0.3 is 4.98 Å². The number of halogens is 2. The molecule has 1 N–H and O–H groups in total. The average molecular weight is 741 g/mol. The second-order valence-corrected chi connectivity index (χ2v) is 17.7. The van der Waals surface area contributed by atoms with Crippen LogP contribution >= 0.6 is 23.2 Å². The predicted molar refractivity (Wildman–Crippen MR) is 233 cm³/mol. The van der Waals surface area contributed by atoms with Crippen LogP contribution in [-0.2, 0) is 17.3 Å². The Morgan fingerprint density at radius 3 is 1.54 bits per heavy atom. The Labute approximate surface area is 328 Å². The molecule has 1 aliphatic rings. The van der Waals surface area contributed by atoms with E-state index in [1.807, 2.05) is 24.3 Å². The fourth-order valence-corrected chi connectivity index (χ4v) is 8.86. The highest BCUT2D eigenvalue weighted by Gasteiger charge is 2.32. The lowest BCUT2D eigenvalue weighted by molar-refractivity contribution is 0.590. The summed E-state index contributed by atoms with van der Waals surface area (Å²) in [5, 5.41) is 3.81. The first kappa shape index (κ1) is 34.7. The highest BCUT2D eigenvalue weighted by atomic mass is 35.5. The van der Waals surface area contributed by atoms with Gasteiger partial charge in [0.05, 0.1) is 5.52 Å². The smallest absolute Gasteiger partial charge is 0.0557 e. The number of rotatable bonds is 4. The first-order valence-corrected chi connectivity index (χ1v) is 19.6. The number of H-pyrrole nitrogens is 1. The number of aromatic amines is 1. The first-order chi connectivity index (χ1) is 25.9. The maximum Gasteiger partial charge on any atom is 0.0557 e. The summed E-state index contributed by atoms with van der Waals surface area (Å²) in [6.07, 6.45) is 0.794. The third kappa shape index (κ3) is 5.77. The van der Waals surface area contributed by atoms with E-state index >= 15 is 0 Å². The molecule has 54 heavy (non-hydrogen) atoms. The molecule has 0 spiro atoms. The van der Waals surface area contributed by atoms with Gasteiger partial charge in [0.1, 0.15) is 0 Å². The lowest BCUT2D eigenvalue weighted by Crippen LogP contribution is -2.10. The van der Waals surface area contributed by atoms with E-state index in [4.69, 9.17) is 23.2 Å². The monoisotopic (exact) mass is 739 g/mol. The van der Waals surface area contributed by atoms with E-state index in [2.05, 4.69) is 156 Å². The zero-order valence-electron chi connectivity index (χ0n) is 31.7. The predicted octanol–water partition coefficient (Wildman–Crippen LogP) is 15.5. The standard InChI is InChI=1S/C51H43Cl2N/c1-50(2,3)35-22-17-30(18-23-35)32-15-16-34-29-41-45(37-11-7-9-13-42(37)52)48-40-28-33(31-19-24-36(25-20-31)51(4,5)6)21-26-44(40)54-49(48)47(46(41)39(34)27-32)38-12-8-10-14-43(38)53/h7-28,54H,29H2,1-6H3. The third-order valence-electron chi connectivity index (χ3n) is 11.4. The van der Waals surface area contributed by atoms with Crippen LogP contribution in [0, 0.1) is 0 Å². The molecular formula is C51H43Cl2N. The molecule has 1 aliphatic carbocycles. The van der Waals surface area contributed by atoms with Crippen LogP contribution in [-0.4, -0.2) is 4.98 Å². The fourth-order valence-electron chi connectivity index (χ4n) is 8.40. The zero-order valence-corrected chi connectivity index (χ0v) is 33.2. The van der Waals surface area contributed by atoms with Gasteiger partial charge in [-0.15, -0.1) is 0 Å². The molecule has 0 saturated carbocycles. The van der Waals surface area contributed by atoms with Crippen LogP contribution in [0.3, 0.4) is 0 Å². The maximum atomic E-state index is 7.17. The molecule has 0 amide bonds. The molecule has 1 aromatic heterocycles. The van der Waals surface area contributed by atoms with E-state index < -0.39 is 0 Å². The number of aromatic nitrogens is 1. The molecule has 8 aromatic rings. The lowest BCUT2D eigenvalue weighted by Gasteiger charge is -2.20. The van der Waals surface area contributed by atoms with Crippen LogP contribution in [0.25, 0.3) is 77.4 Å². The minimum absolute atomic E-state index is 0.0912. The molecular weight excluding hydrogens is 697 g/mol. The van der Waals surface area contributed by atoms with Gasteiger partial charge in [-0.25, -0.2) is 0 Å². The van der Waals surface area contributed by atoms with Crippen molar-refractivity contribution in [2.75, 3.05) is 0 Å². The SMILES string of the molecule is CC(C)(C)c1ccc(-c2ccc3c(c2)-c2c(c(-c4ccccc4Cl)c4c([nH]c5ccc(-c6ccc(C(C)(C)C)cc6)cc54)c2-c2ccccc2Cl)C3)cc1. The van der Waals surface area contributed by atoms with E-state index in [0.29, 0.717) is 0 Å². The van der Waals surface area contributed by atoms with Crippen LogP contribution in [0.5, 0.6) is 0 Å². The van der Waals surface area contributed by atoms with Crippen molar-refractivity contribution in [2.45, 2.75) is 58.8 Å². The van der Waals surface area contributed by atoms with Gasteiger partial charge in [-0.1, -0.05) is 168 Å². The third-order valence-corrected chi connectivity index (χ3v) is 12.0. The summed E-state index contributed by atoms with van der Waals surface area (Å²) < 4.78 is 0. The van der Waals surface area contributed by atoms with Gasteiger partial charge in [-0.2, -0.15) is 0 Å². The van der Waals surface area contributed by atoms with E-state index in [-0.39, 0.29) is 10.8 Å². The minimum Gasteiger partial charge on any atom is -0.354 e. The second kappa shape index (κ2) is 12.8. The number of nitrogens with one attached hydrogen (secondary N) is 1. The molecule has 0 unspecified atom stereocenters. The summed E-state index contributed by atoms with van der Waals surface area (Å²) in [4.78, 5) is 3.94. The Kier molecular flexibility index (Phi) is 8.19. The van der Waals surface area contributed by atoms with Crippen molar-refractivity contribution >= 4 is 45.0 Å². The number of hydrogen-bond acceptors (Lipinski definition) is 0. The summed E-state index contributed by atoms with van der Waals surface area (Å²) >= 11 is 14.3. The van der Waals surface area contributed by atoms with Gasteiger partial charge in [0.25, 0.3) is 0 Å². The van der Waals surface area contributed by atoms with E-state index in [9.17, 15) is 0 Å². The van der Waals surface area contributed by atoms with Crippen LogP contribution in [0.2, 0.25) is 10.0 Å². The Morgan fingerprint density at radius 2 is 0.981 bits per heavy atom. The van der Waals surface area contributed by atoms with Gasteiger partial charge in [0.2, 0.25) is 0 Å². The number of benzene rings is 7. The van der Waals surface area contributed by atoms with Crippen molar-refractivity contribution in [3.8, 4) is 55.6 Å². The molecule has 9 rings (SSSR count). The molecule has 0 fully saturated rings. The second-order valence-electron chi connectivity index (χ2n) is 16.9. The van der Waals surface area contributed by atoms with Crippen LogP contribution in [0.15, 0.2) is 133 Å². The Bertz CT molecular complexity index is 2750. The first-order valence-electron chi connectivity index (χ1n) is 18.9. The normalized spacial score (nSPS) is 12.7. The van der Waals surface area contributed by atoms with Gasteiger partial charge in [0.15, 0.2) is 0 Å². The summed E-state index contributed by atoms with van der Waals surface area (Å²) in [5.41, 5.74) is 19.2. The van der Waals surface area contributed by atoms with Gasteiger partial charge in [-0.3, -0.25) is 0 Å². The molecule has 3 heteroatoms. The quantitative estimate of drug-likeness (QED) is 0.185. The highest BCUT2D eigenvalue weighted by Crippen LogP contribution is 2.55. The van der Waals surface area contributed by atoms with Crippen LogP contribution in [0.1, 0.15) is 63.8 Å². The molecule has 266 valence electrons. The van der Waals surface area contributed by atoms with Gasteiger partial charge >= 0.3 is 0 Å². The summed E-state index contributed by atoms with van der Waals surface area (Å²) in [6.45, 7) is 13.6. The minimum atomic E-state index is 0.0912. The zero-order chi connectivity index (χ0) is 37.5. The van der Waals surface area contributed by atoms with Crippen LogP contribution < -0.4 is 0 Å². The largest absolute Gasteiger partial charge is 0.354 e. The van der Waals surface area contributed by atoms with Gasteiger partial charge in [-0.05, 0) is 109 Å². The van der Waals surface area contributed by atoms with Crippen molar-refractivity contribution in [2.24, 2.45) is 0 Å². The topological polar surface area (TPSA) is 15.8 Å². The van der Waals surface area contributed by atoms with E-state index in [1.165, 1.54) is 72.0 Å². The molecule has 0 aliphatic heterocycles. The number of hydrogen-bond donors (Lipinski definition) is 1. The molecule has 1 nitrogen and oxygen atoms in total. The molecule has 7 aromatic carbocycles. The highest BCUT2D eigenvalue weighted by molar-refractivity contribution is 6.36. The molecule has 0 bridgehead atoms. The van der Waals surface area contributed by atoms with E-state index in [1.54, 1.807) is 0 Å². The Morgan fingerprint density at radius 1 is 0.481 bits per heavy atom. The Balaban J connectivity index is 1.35. The van der Waals surface area contributed by atoms with Crippen LogP contribution in [0.4, 0.5) is 0 Å².